The molecule has 1 heteroatoms. The molecule has 0 saturated carbocycles. The van der Waals surface area contributed by atoms with Crippen LogP contribution in [0.5, 0.6) is 5.75 Å². The van der Waals surface area contributed by atoms with Gasteiger partial charge in [0.15, 0.2) is 0 Å². The molecule has 4 aromatic rings. The van der Waals surface area contributed by atoms with Gasteiger partial charge < -0.3 is 5.11 Å². The van der Waals surface area contributed by atoms with Gasteiger partial charge in [0.25, 0.3) is 0 Å². The zero-order valence-corrected chi connectivity index (χ0v) is 15.0. The van der Waals surface area contributed by atoms with E-state index in [9.17, 15) is 5.11 Å². The van der Waals surface area contributed by atoms with Crippen LogP contribution in [0.3, 0.4) is 0 Å². The summed E-state index contributed by atoms with van der Waals surface area (Å²) in [4.78, 5) is 0. The summed E-state index contributed by atoms with van der Waals surface area (Å²) in [6, 6.07) is 23.0. The van der Waals surface area contributed by atoms with E-state index < -0.39 is 0 Å². The standard InChI is InChI=1S/C25H20O/c1-15-16(2)23(14-24-18-8-4-3-7-17(18)13-22(15)24)20-11-12-25(26)21-10-6-5-9-19(20)21/h3-12,14,26H,13H2,1-2H3. The molecule has 0 spiro atoms. The second-order valence-corrected chi connectivity index (χ2v) is 7.21. The van der Waals surface area contributed by atoms with Gasteiger partial charge in [-0.1, -0.05) is 54.6 Å². The molecule has 0 atom stereocenters. The number of fused-ring (bicyclic) bond motifs is 4. The summed E-state index contributed by atoms with van der Waals surface area (Å²) in [5, 5.41) is 12.3. The van der Waals surface area contributed by atoms with Crippen LogP contribution in [0, 0.1) is 13.8 Å². The number of aromatic hydroxyl groups is 1. The van der Waals surface area contributed by atoms with Gasteiger partial charge in [-0.3, -0.25) is 0 Å². The molecular weight excluding hydrogens is 316 g/mol. The van der Waals surface area contributed by atoms with Crippen molar-refractivity contribution >= 4 is 10.8 Å². The molecule has 1 nitrogen and oxygen atoms in total. The lowest BCUT2D eigenvalue weighted by Gasteiger charge is -2.16. The minimum absolute atomic E-state index is 0.338. The van der Waals surface area contributed by atoms with Crippen molar-refractivity contribution in [2.45, 2.75) is 20.3 Å². The summed E-state index contributed by atoms with van der Waals surface area (Å²) < 4.78 is 0. The molecule has 0 aromatic heterocycles. The van der Waals surface area contributed by atoms with Crippen LogP contribution in [-0.4, -0.2) is 5.11 Å². The fraction of sp³-hybridized carbons (Fsp3) is 0.120. The lowest BCUT2D eigenvalue weighted by molar-refractivity contribution is 0.481. The highest BCUT2D eigenvalue weighted by molar-refractivity contribution is 6.01. The maximum absolute atomic E-state index is 10.3. The molecule has 0 aliphatic heterocycles. The van der Waals surface area contributed by atoms with Crippen LogP contribution in [0.4, 0.5) is 0 Å². The highest BCUT2D eigenvalue weighted by Crippen LogP contribution is 2.44. The summed E-state index contributed by atoms with van der Waals surface area (Å²) in [6.07, 6.45) is 1.02. The molecule has 0 heterocycles. The number of benzene rings is 4. The van der Waals surface area contributed by atoms with Crippen molar-refractivity contribution in [1.29, 1.82) is 0 Å². The van der Waals surface area contributed by atoms with Gasteiger partial charge in [0, 0.05) is 5.39 Å². The number of phenols is 1. The van der Waals surface area contributed by atoms with E-state index in [-0.39, 0.29) is 0 Å². The first-order chi connectivity index (χ1) is 12.6. The molecule has 0 saturated heterocycles. The monoisotopic (exact) mass is 336 g/mol. The molecule has 1 N–H and O–H groups in total. The molecule has 0 bridgehead atoms. The van der Waals surface area contributed by atoms with E-state index in [2.05, 4.69) is 50.2 Å². The Balaban J connectivity index is 1.84. The Labute approximate surface area is 153 Å². The van der Waals surface area contributed by atoms with Crippen molar-refractivity contribution in [2.75, 3.05) is 0 Å². The summed E-state index contributed by atoms with van der Waals surface area (Å²) in [6.45, 7) is 4.46. The predicted octanol–water partition coefficient (Wildman–Crippen LogP) is 6.40. The van der Waals surface area contributed by atoms with Gasteiger partial charge in [-0.05, 0) is 82.3 Å². The fourth-order valence-electron chi connectivity index (χ4n) is 4.36. The molecule has 26 heavy (non-hydrogen) atoms. The summed E-state index contributed by atoms with van der Waals surface area (Å²) in [7, 11) is 0. The number of phenolic OH excluding ortho intramolecular Hbond substituents is 1. The van der Waals surface area contributed by atoms with Crippen LogP contribution in [-0.2, 0) is 6.42 Å². The van der Waals surface area contributed by atoms with Gasteiger partial charge in [0.05, 0.1) is 0 Å². The second-order valence-electron chi connectivity index (χ2n) is 7.21. The summed E-state index contributed by atoms with van der Waals surface area (Å²) in [5.41, 5.74) is 10.7. The van der Waals surface area contributed by atoms with E-state index in [1.54, 1.807) is 0 Å². The van der Waals surface area contributed by atoms with Gasteiger partial charge in [0.2, 0.25) is 0 Å². The van der Waals surface area contributed by atoms with Crippen molar-refractivity contribution in [3.8, 4) is 28.0 Å². The first-order valence-electron chi connectivity index (χ1n) is 9.07. The van der Waals surface area contributed by atoms with Crippen molar-refractivity contribution in [3.05, 3.63) is 89.0 Å². The topological polar surface area (TPSA) is 20.2 Å². The SMILES string of the molecule is Cc1c(-c2ccc(O)c3ccccc23)cc2c(c1C)Cc1ccccc1-2. The third kappa shape index (κ3) is 2.04. The van der Waals surface area contributed by atoms with Gasteiger partial charge >= 0.3 is 0 Å². The van der Waals surface area contributed by atoms with Crippen molar-refractivity contribution < 1.29 is 5.11 Å². The van der Waals surface area contributed by atoms with Gasteiger partial charge in [-0.15, -0.1) is 0 Å². The van der Waals surface area contributed by atoms with Crippen molar-refractivity contribution in [2.24, 2.45) is 0 Å². The molecule has 126 valence electrons. The van der Waals surface area contributed by atoms with Gasteiger partial charge in [0.1, 0.15) is 5.75 Å². The quantitative estimate of drug-likeness (QED) is 0.375. The van der Waals surface area contributed by atoms with Crippen molar-refractivity contribution in [1.82, 2.24) is 0 Å². The Bertz CT molecular complexity index is 1180. The molecule has 0 fully saturated rings. The lowest BCUT2D eigenvalue weighted by Crippen LogP contribution is -1.95. The Kier molecular flexibility index (Phi) is 3.20. The molecule has 1 aliphatic rings. The van der Waals surface area contributed by atoms with Crippen LogP contribution in [0.2, 0.25) is 0 Å². The Morgan fingerprint density at radius 3 is 2.23 bits per heavy atom. The van der Waals surface area contributed by atoms with Gasteiger partial charge in [-0.25, -0.2) is 0 Å². The largest absolute Gasteiger partial charge is 0.507 e. The Morgan fingerprint density at radius 1 is 0.654 bits per heavy atom. The minimum atomic E-state index is 0.338. The van der Waals surface area contributed by atoms with Crippen molar-refractivity contribution in [3.63, 3.8) is 0 Å². The summed E-state index contributed by atoms with van der Waals surface area (Å²) in [5.74, 6) is 0.338. The van der Waals surface area contributed by atoms with E-state index in [0.29, 0.717) is 5.75 Å². The van der Waals surface area contributed by atoms with E-state index in [1.807, 2.05) is 30.3 Å². The molecule has 0 radical (unpaired) electrons. The maximum atomic E-state index is 10.3. The smallest absolute Gasteiger partial charge is 0.123 e. The van der Waals surface area contributed by atoms with Crippen LogP contribution >= 0.6 is 0 Å². The highest BCUT2D eigenvalue weighted by atomic mass is 16.3. The predicted molar refractivity (Wildman–Crippen MR) is 109 cm³/mol. The average Bonchev–Trinajstić information content (AvgIpc) is 3.04. The Hall–Kier alpha value is -3.06. The number of hydrogen-bond donors (Lipinski definition) is 1. The Morgan fingerprint density at radius 2 is 1.38 bits per heavy atom. The molecule has 1 aliphatic carbocycles. The fourth-order valence-corrected chi connectivity index (χ4v) is 4.36. The van der Waals surface area contributed by atoms with Crippen LogP contribution in [0.15, 0.2) is 66.7 Å². The minimum Gasteiger partial charge on any atom is -0.507 e. The van der Waals surface area contributed by atoms with Crippen LogP contribution in [0.25, 0.3) is 33.0 Å². The third-order valence-corrected chi connectivity index (χ3v) is 5.90. The maximum Gasteiger partial charge on any atom is 0.123 e. The van der Waals surface area contributed by atoms with Gasteiger partial charge in [-0.2, -0.15) is 0 Å². The normalized spacial score (nSPS) is 12.2. The number of rotatable bonds is 1. The zero-order valence-electron chi connectivity index (χ0n) is 15.0. The molecular formula is C25H20O. The third-order valence-electron chi connectivity index (χ3n) is 5.90. The number of hydrogen-bond acceptors (Lipinski definition) is 1. The first kappa shape index (κ1) is 15.2. The summed E-state index contributed by atoms with van der Waals surface area (Å²) >= 11 is 0. The molecule has 0 amide bonds. The van der Waals surface area contributed by atoms with E-state index in [4.69, 9.17) is 0 Å². The first-order valence-corrected chi connectivity index (χ1v) is 9.07. The van der Waals surface area contributed by atoms with Crippen LogP contribution in [0.1, 0.15) is 22.3 Å². The molecule has 5 rings (SSSR count). The molecule has 0 unspecified atom stereocenters. The molecule has 4 aromatic carbocycles. The van der Waals surface area contributed by atoms with E-state index in [0.717, 1.165) is 17.2 Å². The second kappa shape index (κ2) is 5.47. The van der Waals surface area contributed by atoms with E-state index in [1.165, 1.54) is 44.5 Å². The highest BCUT2D eigenvalue weighted by Gasteiger charge is 2.23. The zero-order chi connectivity index (χ0) is 17.8. The van der Waals surface area contributed by atoms with E-state index >= 15 is 0 Å². The average molecular weight is 336 g/mol. The lowest BCUT2D eigenvalue weighted by atomic mass is 9.88. The van der Waals surface area contributed by atoms with Crippen LogP contribution < -0.4 is 0 Å².